The van der Waals surface area contributed by atoms with Crippen molar-refractivity contribution < 1.29 is 13.9 Å². The van der Waals surface area contributed by atoms with E-state index in [9.17, 15) is 9.18 Å². The van der Waals surface area contributed by atoms with E-state index in [1.165, 1.54) is 18.2 Å². The van der Waals surface area contributed by atoms with Gasteiger partial charge in [0, 0.05) is 32.4 Å². The van der Waals surface area contributed by atoms with Crippen LogP contribution in [0.2, 0.25) is 5.02 Å². The predicted molar refractivity (Wildman–Crippen MR) is 116 cm³/mol. The van der Waals surface area contributed by atoms with Gasteiger partial charge in [-0.05, 0) is 36.2 Å². The Kier molecular flexibility index (Phi) is 6.04. The number of hydrogen-bond acceptors (Lipinski definition) is 4. The summed E-state index contributed by atoms with van der Waals surface area (Å²) in [4.78, 5) is 19.5. The van der Waals surface area contributed by atoms with E-state index in [1.54, 1.807) is 12.0 Å². The van der Waals surface area contributed by atoms with E-state index >= 15 is 0 Å². The maximum atomic E-state index is 13.7. The topological polar surface area (TPSA) is 66.0 Å². The van der Waals surface area contributed by atoms with E-state index in [0.29, 0.717) is 39.2 Å². The first-order chi connectivity index (χ1) is 14.5. The van der Waals surface area contributed by atoms with Crippen molar-refractivity contribution in [1.29, 1.82) is 0 Å². The summed E-state index contributed by atoms with van der Waals surface area (Å²) in [5.41, 5.74) is 1.78. The maximum absolute atomic E-state index is 13.7. The fraction of sp³-hybridized carbons (Fsp3) is 0.364. The number of likely N-dealkylation sites (tertiary alicyclic amines) is 1. The van der Waals surface area contributed by atoms with E-state index in [0.717, 1.165) is 17.1 Å². The molecule has 0 bridgehead atoms. The van der Waals surface area contributed by atoms with Gasteiger partial charge in [0.05, 0.1) is 29.3 Å². The zero-order chi connectivity index (χ0) is 21.1. The minimum Gasteiger partial charge on any atom is -0.383 e. The standard InChI is InChI=1S/C22H24ClFN4O2/c1-30-11-9-25-21-22(26-13-15-4-2-3-5-19(15)27-21)8-10-28(14-22)20(29)17-12-16(24)6-7-18(17)23/h2-7,12,26H,8-11,13-14H2,1H3,(H,25,27)/t22-/m1/s1. The Morgan fingerprint density at radius 2 is 2.17 bits per heavy atom. The molecule has 0 unspecified atom stereocenters. The highest BCUT2D eigenvalue weighted by atomic mass is 35.5. The van der Waals surface area contributed by atoms with Crippen molar-refractivity contribution in [1.82, 2.24) is 10.2 Å². The number of nitrogens with one attached hydrogen (secondary N) is 2. The second-order valence-electron chi connectivity index (χ2n) is 7.54. The van der Waals surface area contributed by atoms with Crippen LogP contribution in [-0.4, -0.2) is 55.5 Å². The third kappa shape index (κ3) is 4.05. The molecule has 4 rings (SSSR count). The number of para-hydroxylation sites is 1. The smallest absolute Gasteiger partial charge is 0.255 e. The van der Waals surface area contributed by atoms with Gasteiger partial charge in [-0.15, -0.1) is 0 Å². The van der Waals surface area contributed by atoms with Crippen LogP contribution in [0.3, 0.4) is 0 Å². The molecule has 2 aliphatic rings. The van der Waals surface area contributed by atoms with Gasteiger partial charge in [0.2, 0.25) is 0 Å². The van der Waals surface area contributed by atoms with Crippen molar-refractivity contribution in [3.05, 3.63) is 64.4 Å². The van der Waals surface area contributed by atoms with Gasteiger partial charge in [0.15, 0.2) is 0 Å². The molecule has 2 aromatic rings. The highest BCUT2D eigenvalue weighted by Gasteiger charge is 2.45. The van der Waals surface area contributed by atoms with E-state index in [-0.39, 0.29) is 16.5 Å². The summed E-state index contributed by atoms with van der Waals surface area (Å²) in [7, 11) is 1.64. The molecule has 2 aromatic carbocycles. The van der Waals surface area contributed by atoms with Crippen molar-refractivity contribution in [3.8, 4) is 0 Å². The minimum atomic E-state index is -0.526. The van der Waals surface area contributed by atoms with Crippen LogP contribution in [0.25, 0.3) is 0 Å². The lowest BCUT2D eigenvalue weighted by Crippen LogP contribution is -2.55. The number of halogens is 2. The van der Waals surface area contributed by atoms with Crippen molar-refractivity contribution in [3.63, 3.8) is 0 Å². The van der Waals surface area contributed by atoms with Crippen LogP contribution >= 0.6 is 11.6 Å². The summed E-state index contributed by atoms with van der Waals surface area (Å²) < 4.78 is 18.9. The average Bonchev–Trinajstić information content (AvgIpc) is 3.12. The SMILES string of the molecule is COCCN=C1Nc2ccccc2CN[C@@]12CCN(C(=O)c1cc(F)ccc1Cl)C2. The number of fused-ring (bicyclic) bond motifs is 1. The van der Waals surface area contributed by atoms with Crippen LogP contribution in [0.5, 0.6) is 0 Å². The Bertz CT molecular complexity index is 983. The lowest BCUT2D eigenvalue weighted by Gasteiger charge is -2.30. The first kappa shape index (κ1) is 20.8. The molecule has 2 N–H and O–H groups in total. The zero-order valence-corrected chi connectivity index (χ0v) is 17.5. The predicted octanol–water partition coefficient (Wildman–Crippen LogP) is 3.32. The molecular weight excluding hydrogens is 407 g/mol. The molecule has 30 heavy (non-hydrogen) atoms. The molecule has 1 atom stereocenters. The second-order valence-corrected chi connectivity index (χ2v) is 7.95. The molecule has 6 nitrogen and oxygen atoms in total. The van der Waals surface area contributed by atoms with Gasteiger partial charge >= 0.3 is 0 Å². The summed E-state index contributed by atoms with van der Waals surface area (Å²) in [6, 6.07) is 11.9. The molecule has 1 amide bonds. The number of amidine groups is 1. The fourth-order valence-corrected chi connectivity index (χ4v) is 4.18. The van der Waals surface area contributed by atoms with Gasteiger partial charge in [-0.3, -0.25) is 15.1 Å². The van der Waals surface area contributed by atoms with Gasteiger partial charge in [-0.1, -0.05) is 29.8 Å². The number of hydrogen-bond donors (Lipinski definition) is 2. The maximum Gasteiger partial charge on any atom is 0.255 e. The monoisotopic (exact) mass is 430 g/mol. The lowest BCUT2D eigenvalue weighted by atomic mass is 9.96. The fourth-order valence-electron chi connectivity index (χ4n) is 3.98. The quantitative estimate of drug-likeness (QED) is 0.730. The largest absolute Gasteiger partial charge is 0.383 e. The molecule has 0 aromatic heterocycles. The second kappa shape index (κ2) is 8.71. The third-order valence-electron chi connectivity index (χ3n) is 5.62. The minimum absolute atomic E-state index is 0.177. The summed E-state index contributed by atoms with van der Waals surface area (Å²) in [5.74, 6) is 0.0181. The van der Waals surface area contributed by atoms with Gasteiger partial charge in [0.25, 0.3) is 5.91 Å². The van der Waals surface area contributed by atoms with Crippen LogP contribution in [-0.2, 0) is 11.3 Å². The van der Waals surface area contributed by atoms with Gasteiger partial charge in [0.1, 0.15) is 11.7 Å². The summed E-state index contributed by atoms with van der Waals surface area (Å²) in [5, 5.41) is 7.34. The van der Waals surface area contributed by atoms with Crippen LogP contribution in [0, 0.1) is 5.82 Å². The molecule has 2 heterocycles. The van der Waals surface area contributed by atoms with E-state index in [4.69, 9.17) is 21.3 Å². The van der Waals surface area contributed by atoms with Crippen molar-refractivity contribution in [2.45, 2.75) is 18.5 Å². The Morgan fingerprint density at radius 3 is 3.00 bits per heavy atom. The lowest BCUT2D eigenvalue weighted by molar-refractivity contribution is 0.0785. The van der Waals surface area contributed by atoms with E-state index in [2.05, 4.69) is 16.7 Å². The van der Waals surface area contributed by atoms with Crippen molar-refractivity contribution in [2.75, 3.05) is 38.7 Å². The Hall–Kier alpha value is -2.48. The number of methoxy groups -OCH3 is 1. The van der Waals surface area contributed by atoms with Gasteiger partial charge in [-0.2, -0.15) is 0 Å². The highest BCUT2D eigenvalue weighted by Crippen LogP contribution is 2.31. The summed E-state index contributed by atoms with van der Waals surface area (Å²) in [6.45, 7) is 2.58. The molecular formula is C22H24ClFN4O2. The first-order valence-electron chi connectivity index (χ1n) is 9.90. The van der Waals surface area contributed by atoms with Crippen LogP contribution in [0.1, 0.15) is 22.3 Å². The average molecular weight is 431 g/mol. The molecule has 0 radical (unpaired) electrons. The number of carbonyl (C=O) groups excluding carboxylic acids is 1. The third-order valence-corrected chi connectivity index (χ3v) is 5.95. The molecule has 2 aliphatic heterocycles. The number of aliphatic imine (C=N–C) groups is 1. The Labute approximate surface area is 180 Å². The molecule has 1 spiro atoms. The van der Waals surface area contributed by atoms with Crippen molar-refractivity contribution >= 4 is 29.0 Å². The van der Waals surface area contributed by atoms with Crippen LogP contribution < -0.4 is 10.6 Å². The number of benzene rings is 2. The molecule has 1 saturated heterocycles. The van der Waals surface area contributed by atoms with E-state index in [1.807, 2.05) is 18.2 Å². The first-order valence-corrected chi connectivity index (χ1v) is 10.3. The zero-order valence-electron chi connectivity index (χ0n) is 16.8. The molecule has 158 valence electrons. The number of carbonyl (C=O) groups is 1. The van der Waals surface area contributed by atoms with Gasteiger partial charge < -0.3 is 15.0 Å². The Morgan fingerprint density at radius 1 is 1.33 bits per heavy atom. The summed E-state index contributed by atoms with van der Waals surface area (Å²) in [6.07, 6.45) is 0.679. The highest BCUT2D eigenvalue weighted by molar-refractivity contribution is 6.33. The van der Waals surface area contributed by atoms with Crippen LogP contribution in [0.15, 0.2) is 47.5 Å². The number of amides is 1. The van der Waals surface area contributed by atoms with E-state index < -0.39 is 11.4 Å². The number of rotatable bonds is 4. The molecule has 8 heteroatoms. The number of anilines is 1. The Balaban J connectivity index is 1.62. The number of nitrogens with zero attached hydrogens (tertiary/aromatic N) is 2. The van der Waals surface area contributed by atoms with Gasteiger partial charge in [-0.25, -0.2) is 4.39 Å². The van der Waals surface area contributed by atoms with Crippen molar-refractivity contribution in [2.24, 2.45) is 4.99 Å². The van der Waals surface area contributed by atoms with Crippen LogP contribution in [0.4, 0.5) is 10.1 Å². The normalized spacial score (nSPS) is 22.1. The molecule has 0 saturated carbocycles. The molecule has 0 aliphatic carbocycles. The molecule has 1 fully saturated rings. The number of ether oxygens (including phenoxy) is 1. The summed E-state index contributed by atoms with van der Waals surface area (Å²) >= 11 is 6.17.